The van der Waals surface area contributed by atoms with Crippen molar-refractivity contribution >= 4 is 5.97 Å². The number of hydrogen-bond acceptors (Lipinski definition) is 19. The first-order valence-corrected chi connectivity index (χ1v) is 21.6. The highest BCUT2D eigenvalue weighted by molar-refractivity contribution is 5.89. The lowest BCUT2D eigenvalue weighted by atomic mass is 10.1. The summed E-state index contributed by atoms with van der Waals surface area (Å²) in [4.78, 5) is 12.0. The fourth-order valence-corrected chi connectivity index (χ4v) is 5.63. The Morgan fingerprint density at radius 3 is 1.40 bits per heavy atom. The molecule has 8 N–H and O–H groups in total. The summed E-state index contributed by atoms with van der Waals surface area (Å²) in [7, 11) is 0. The monoisotopic (exact) mass is 891 g/mol. The van der Waals surface area contributed by atoms with Crippen LogP contribution in [0.1, 0.15) is 73.8 Å². The number of unbranched alkanes of at least 4 members (excludes halogenated alkanes) is 8. The van der Waals surface area contributed by atoms with Gasteiger partial charge in [0.25, 0.3) is 0 Å². The SMILES string of the molecule is O=C(OCCCCCCCCCCCn1cc(COC(COC(COCC(O)CO)COCC(O)CO)COC(COCC(O)CO)COCC(O)CO)nn1)c1ccccc1. The molecule has 0 spiro atoms. The first-order valence-electron chi connectivity index (χ1n) is 21.6. The minimum absolute atomic E-state index is 0.0470. The van der Waals surface area contributed by atoms with Crippen LogP contribution < -0.4 is 0 Å². The van der Waals surface area contributed by atoms with Crippen molar-refractivity contribution < 1.29 is 83.5 Å². The van der Waals surface area contributed by atoms with Gasteiger partial charge in [-0.1, -0.05) is 68.4 Å². The third-order valence-corrected chi connectivity index (χ3v) is 9.16. The topological polar surface area (TPSA) is 283 Å². The molecule has 0 radical (unpaired) electrons. The zero-order valence-electron chi connectivity index (χ0n) is 36.0. The van der Waals surface area contributed by atoms with Crippen molar-refractivity contribution in [2.24, 2.45) is 0 Å². The second-order valence-corrected chi connectivity index (χ2v) is 15.0. The lowest BCUT2D eigenvalue weighted by Gasteiger charge is -2.25. The van der Waals surface area contributed by atoms with Gasteiger partial charge >= 0.3 is 5.97 Å². The molecule has 4 unspecified atom stereocenters. The van der Waals surface area contributed by atoms with E-state index in [-0.39, 0.29) is 78.6 Å². The molecule has 20 nitrogen and oxygen atoms in total. The smallest absolute Gasteiger partial charge is 0.338 e. The molecule has 0 bridgehead atoms. The van der Waals surface area contributed by atoms with Gasteiger partial charge in [-0.3, -0.25) is 4.68 Å². The van der Waals surface area contributed by atoms with Crippen LogP contribution in [0.3, 0.4) is 0 Å². The summed E-state index contributed by atoms with van der Waals surface area (Å²) >= 11 is 0. The first kappa shape index (κ1) is 55.4. The van der Waals surface area contributed by atoms with Crippen LogP contribution in [0.2, 0.25) is 0 Å². The summed E-state index contributed by atoms with van der Waals surface area (Å²) in [5, 5.41) is 83.9. The van der Waals surface area contributed by atoms with Crippen LogP contribution in [0.4, 0.5) is 0 Å². The molecule has 0 aliphatic heterocycles. The number of esters is 1. The third-order valence-electron chi connectivity index (χ3n) is 9.16. The number of carbonyl (C=O) groups is 1. The minimum Gasteiger partial charge on any atom is -0.462 e. The van der Waals surface area contributed by atoms with Gasteiger partial charge in [0.05, 0.1) is 117 Å². The van der Waals surface area contributed by atoms with E-state index in [0.29, 0.717) is 24.4 Å². The molecule has 4 atom stereocenters. The highest BCUT2D eigenvalue weighted by atomic mass is 16.6. The van der Waals surface area contributed by atoms with Gasteiger partial charge in [0.15, 0.2) is 0 Å². The van der Waals surface area contributed by atoms with Crippen molar-refractivity contribution in [3.63, 3.8) is 0 Å². The fourth-order valence-electron chi connectivity index (χ4n) is 5.63. The number of aliphatic hydroxyl groups excluding tert-OH is 8. The second kappa shape index (κ2) is 36.6. The summed E-state index contributed by atoms with van der Waals surface area (Å²) < 4.78 is 47.4. The number of carbonyl (C=O) groups excluding carboxylic acids is 1. The van der Waals surface area contributed by atoms with E-state index in [1.165, 1.54) is 0 Å². The summed E-state index contributed by atoms with van der Waals surface area (Å²) in [5.74, 6) is -0.279. The van der Waals surface area contributed by atoms with Gasteiger partial charge in [-0.05, 0) is 25.0 Å². The predicted molar refractivity (Wildman–Crippen MR) is 222 cm³/mol. The van der Waals surface area contributed by atoms with Crippen molar-refractivity contribution in [1.29, 1.82) is 0 Å². The quantitative estimate of drug-likeness (QED) is 0.0316. The molecule has 2 rings (SSSR count). The Labute approximate surface area is 364 Å². The van der Waals surface area contributed by atoms with E-state index >= 15 is 0 Å². The number of aromatic nitrogens is 3. The Kier molecular flexibility index (Phi) is 32.6. The molecule has 0 saturated carbocycles. The van der Waals surface area contributed by atoms with Crippen LogP contribution in [0.5, 0.6) is 0 Å². The Hall–Kier alpha value is -2.77. The molecule has 0 amide bonds. The standard InChI is InChI=1S/C42H73N3O17/c46-18-35(50)23-55-27-39(28-56-24-36(51)19-47)61-31-41(32-62-40(29-57-25-37(52)20-48)30-58-26-38(53)21-49)60-22-34-17-45(44-43-34)15-11-6-4-2-1-3-5-7-12-16-59-42(54)33-13-9-8-10-14-33/h8-10,13-14,17,35-41,46-53H,1-7,11-12,15-16,18-32H2. The summed E-state index contributed by atoms with van der Waals surface area (Å²) in [6.45, 7) is -1.72. The normalized spacial score (nSPS) is 15.2. The van der Waals surface area contributed by atoms with Gasteiger partial charge in [0.1, 0.15) is 48.4 Å². The minimum atomic E-state index is -1.09. The average Bonchev–Trinajstić information content (AvgIpc) is 3.75. The number of hydrogen-bond donors (Lipinski definition) is 8. The van der Waals surface area contributed by atoms with Gasteiger partial charge in [0, 0.05) is 6.54 Å². The third kappa shape index (κ3) is 28.1. The number of aryl methyl sites for hydroxylation is 1. The van der Waals surface area contributed by atoms with E-state index in [2.05, 4.69) is 10.3 Å². The fraction of sp³-hybridized carbons (Fsp3) is 0.786. The summed E-state index contributed by atoms with van der Waals surface area (Å²) in [5.41, 5.74) is 1.15. The molecule has 1 aromatic heterocycles. The molecule has 0 fully saturated rings. The largest absolute Gasteiger partial charge is 0.462 e. The Morgan fingerprint density at radius 1 is 0.532 bits per heavy atom. The molecule has 0 aliphatic rings. The maximum absolute atomic E-state index is 12.0. The summed E-state index contributed by atoms with van der Waals surface area (Å²) in [6.07, 6.45) is 4.82. The molecular weight excluding hydrogens is 818 g/mol. The molecular formula is C42H73N3O17. The highest BCUT2D eigenvalue weighted by Gasteiger charge is 2.21. The second-order valence-electron chi connectivity index (χ2n) is 15.0. The van der Waals surface area contributed by atoms with Gasteiger partial charge in [-0.25, -0.2) is 4.79 Å². The molecule has 1 aromatic carbocycles. The zero-order chi connectivity index (χ0) is 45.0. The van der Waals surface area contributed by atoms with Gasteiger partial charge in [0.2, 0.25) is 0 Å². The number of aliphatic hydroxyl groups is 8. The van der Waals surface area contributed by atoms with Gasteiger partial charge in [-0.15, -0.1) is 5.10 Å². The Bertz CT molecular complexity index is 1260. The van der Waals surface area contributed by atoms with E-state index in [1.54, 1.807) is 16.8 Å². The Balaban J connectivity index is 1.86. The van der Waals surface area contributed by atoms with E-state index in [9.17, 15) is 25.2 Å². The first-order chi connectivity index (χ1) is 30.2. The van der Waals surface area contributed by atoms with Crippen LogP contribution in [-0.4, -0.2) is 204 Å². The van der Waals surface area contributed by atoms with E-state index in [4.69, 9.17) is 58.3 Å². The maximum Gasteiger partial charge on any atom is 0.338 e. The van der Waals surface area contributed by atoms with Crippen molar-refractivity contribution in [3.05, 3.63) is 47.8 Å². The molecule has 358 valence electrons. The average molecular weight is 892 g/mol. The van der Waals surface area contributed by atoms with E-state index in [1.807, 2.05) is 24.4 Å². The van der Waals surface area contributed by atoms with Crippen LogP contribution >= 0.6 is 0 Å². The summed E-state index contributed by atoms with van der Waals surface area (Å²) in [6, 6.07) is 9.01. The van der Waals surface area contributed by atoms with Crippen LogP contribution in [0.25, 0.3) is 0 Å². The number of ether oxygens (including phenoxy) is 8. The van der Waals surface area contributed by atoms with Crippen LogP contribution in [0, 0.1) is 0 Å². The maximum atomic E-state index is 12.0. The molecule has 1 heterocycles. The van der Waals surface area contributed by atoms with Crippen molar-refractivity contribution in [3.8, 4) is 0 Å². The zero-order valence-corrected chi connectivity index (χ0v) is 36.0. The lowest BCUT2D eigenvalue weighted by molar-refractivity contribution is -0.141. The molecule has 0 aliphatic carbocycles. The van der Waals surface area contributed by atoms with Gasteiger partial charge in [-0.2, -0.15) is 0 Å². The number of benzene rings is 1. The van der Waals surface area contributed by atoms with E-state index in [0.717, 1.165) is 57.8 Å². The van der Waals surface area contributed by atoms with Gasteiger partial charge < -0.3 is 78.7 Å². The van der Waals surface area contributed by atoms with E-state index < -0.39 is 69.2 Å². The molecule has 2 aromatic rings. The van der Waals surface area contributed by atoms with Crippen molar-refractivity contribution in [1.82, 2.24) is 15.0 Å². The highest BCUT2D eigenvalue weighted by Crippen LogP contribution is 2.12. The molecule has 20 heteroatoms. The predicted octanol–water partition coefficient (Wildman–Crippen LogP) is -0.219. The Morgan fingerprint density at radius 2 is 0.952 bits per heavy atom. The van der Waals surface area contributed by atoms with Crippen LogP contribution in [-0.2, 0) is 51.0 Å². The molecule has 0 saturated heterocycles. The number of nitrogens with zero attached hydrogens (tertiary/aromatic N) is 3. The van der Waals surface area contributed by atoms with Crippen molar-refractivity contribution in [2.75, 3.05) is 99.1 Å². The van der Waals surface area contributed by atoms with Crippen LogP contribution in [0.15, 0.2) is 36.5 Å². The molecule has 62 heavy (non-hydrogen) atoms. The number of rotatable bonds is 42. The van der Waals surface area contributed by atoms with Crippen molar-refractivity contribution in [2.45, 2.75) is 114 Å². The lowest BCUT2D eigenvalue weighted by Crippen LogP contribution is -2.37.